The molecule has 3 aromatic carbocycles. The number of para-hydroxylation sites is 1. The van der Waals surface area contributed by atoms with Crippen LogP contribution in [0.25, 0.3) is 16.6 Å². The average Bonchev–Trinajstić information content (AvgIpc) is 2.89. The number of piperazine rings is 1. The second-order valence-electron chi connectivity index (χ2n) is 9.05. The number of hydrogen-bond donors (Lipinski definition) is 1. The van der Waals surface area contributed by atoms with E-state index in [1.54, 1.807) is 4.57 Å². The lowest BCUT2D eigenvalue weighted by molar-refractivity contribution is 0.0663. The third kappa shape index (κ3) is 5.55. The van der Waals surface area contributed by atoms with Crippen LogP contribution in [0, 0.1) is 10.5 Å². The number of aliphatic hydroxyl groups is 1. The number of aryl methyl sites for hydroxylation is 1. The van der Waals surface area contributed by atoms with Gasteiger partial charge in [-0.15, -0.1) is 0 Å². The Morgan fingerprint density at radius 2 is 1.72 bits per heavy atom. The zero-order valence-electron chi connectivity index (χ0n) is 20.2. The molecule has 1 aromatic heterocycles. The Hall–Kier alpha value is -2.95. The number of rotatable bonds is 7. The van der Waals surface area contributed by atoms with E-state index in [4.69, 9.17) is 4.74 Å². The van der Waals surface area contributed by atoms with Crippen LogP contribution in [0.3, 0.4) is 0 Å². The Morgan fingerprint density at radius 1 is 0.972 bits per heavy atom. The molecule has 2 heterocycles. The molecule has 0 saturated carbocycles. The van der Waals surface area contributed by atoms with Crippen LogP contribution < -0.4 is 15.2 Å². The molecule has 5 rings (SSSR count). The standard InChI is InChI=1S/C28H29IN4O3/c1-20-30-27-11-10-21(29)16-26(27)28(35)33(20)23-8-5-9-25(17-23)36-19-24(34)18-31-12-14-32(15-13-31)22-6-3-2-4-7-22/h2-11,16-17,24,34H,12-15,18-19H2,1H3. The number of anilines is 1. The largest absolute Gasteiger partial charge is 0.491 e. The first-order valence-electron chi connectivity index (χ1n) is 12.1. The van der Waals surface area contributed by atoms with Crippen molar-refractivity contribution in [1.29, 1.82) is 0 Å². The Morgan fingerprint density at radius 3 is 2.50 bits per heavy atom. The Kier molecular flexibility index (Phi) is 7.54. The van der Waals surface area contributed by atoms with Crippen molar-refractivity contribution in [2.45, 2.75) is 13.0 Å². The van der Waals surface area contributed by atoms with Crippen LogP contribution in [0.4, 0.5) is 5.69 Å². The van der Waals surface area contributed by atoms with E-state index in [0.717, 1.165) is 29.7 Å². The molecule has 1 fully saturated rings. The summed E-state index contributed by atoms with van der Waals surface area (Å²) in [6.45, 7) is 6.25. The number of β-amino-alcohol motifs (C(OH)–C–C–N with tert-alkyl or cyclic N) is 1. The van der Waals surface area contributed by atoms with E-state index in [0.29, 0.717) is 34.7 Å². The normalized spacial score (nSPS) is 15.2. The molecule has 186 valence electrons. The van der Waals surface area contributed by atoms with Gasteiger partial charge in [-0.05, 0) is 72.0 Å². The minimum Gasteiger partial charge on any atom is -0.491 e. The number of fused-ring (bicyclic) bond motifs is 1. The van der Waals surface area contributed by atoms with Crippen molar-refractivity contribution < 1.29 is 9.84 Å². The van der Waals surface area contributed by atoms with E-state index < -0.39 is 6.10 Å². The van der Waals surface area contributed by atoms with Crippen molar-refractivity contribution in [3.05, 3.63) is 92.5 Å². The topological polar surface area (TPSA) is 70.8 Å². The number of aromatic nitrogens is 2. The highest BCUT2D eigenvalue weighted by Crippen LogP contribution is 2.20. The highest BCUT2D eigenvalue weighted by Gasteiger charge is 2.20. The molecule has 7 nitrogen and oxygen atoms in total. The Labute approximate surface area is 224 Å². The lowest BCUT2D eigenvalue weighted by Crippen LogP contribution is -2.49. The lowest BCUT2D eigenvalue weighted by Gasteiger charge is -2.36. The molecule has 1 aliphatic rings. The number of halogens is 1. The molecule has 36 heavy (non-hydrogen) atoms. The maximum absolute atomic E-state index is 13.2. The number of nitrogens with zero attached hydrogens (tertiary/aromatic N) is 4. The van der Waals surface area contributed by atoms with Crippen LogP contribution in [-0.2, 0) is 0 Å². The van der Waals surface area contributed by atoms with E-state index in [-0.39, 0.29) is 12.2 Å². The van der Waals surface area contributed by atoms with Gasteiger partial charge in [-0.3, -0.25) is 14.3 Å². The quantitative estimate of drug-likeness (QED) is 0.327. The number of hydrogen-bond acceptors (Lipinski definition) is 6. The van der Waals surface area contributed by atoms with Crippen molar-refractivity contribution in [2.24, 2.45) is 0 Å². The second kappa shape index (κ2) is 11.0. The summed E-state index contributed by atoms with van der Waals surface area (Å²) in [6, 6.07) is 23.5. The first kappa shape index (κ1) is 24.7. The van der Waals surface area contributed by atoms with Gasteiger partial charge in [0.1, 0.15) is 24.3 Å². The van der Waals surface area contributed by atoms with Crippen LogP contribution in [0.1, 0.15) is 5.82 Å². The van der Waals surface area contributed by atoms with Gasteiger partial charge in [0, 0.05) is 48.0 Å². The van der Waals surface area contributed by atoms with Crippen molar-refractivity contribution >= 4 is 39.2 Å². The van der Waals surface area contributed by atoms with Gasteiger partial charge in [0.15, 0.2) is 0 Å². The lowest BCUT2D eigenvalue weighted by atomic mass is 10.2. The van der Waals surface area contributed by atoms with Crippen molar-refractivity contribution in [2.75, 3.05) is 44.2 Å². The van der Waals surface area contributed by atoms with E-state index in [1.807, 2.05) is 55.5 Å². The third-order valence-corrected chi connectivity index (χ3v) is 7.15. The van der Waals surface area contributed by atoms with Crippen molar-refractivity contribution in [1.82, 2.24) is 14.5 Å². The van der Waals surface area contributed by atoms with E-state index in [2.05, 4.69) is 61.6 Å². The predicted octanol–water partition coefficient (Wildman–Crippen LogP) is 3.86. The molecule has 0 amide bonds. The van der Waals surface area contributed by atoms with Gasteiger partial charge in [-0.25, -0.2) is 4.98 Å². The minimum atomic E-state index is -0.606. The fourth-order valence-electron chi connectivity index (χ4n) is 4.66. The van der Waals surface area contributed by atoms with Crippen LogP contribution in [0.15, 0.2) is 77.6 Å². The van der Waals surface area contributed by atoms with Crippen molar-refractivity contribution in [3.8, 4) is 11.4 Å². The molecule has 0 spiro atoms. The molecule has 1 aliphatic heterocycles. The van der Waals surface area contributed by atoms with Gasteiger partial charge in [0.25, 0.3) is 5.56 Å². The van der Waals surface area contributed by atoms with Gasteiger partial charge in [0.2, 0.25) is 0 Å². The summed E-state index contributed by atoms with van der Waals surface area (Å²) < 4.78 is 8.52. The molecule has 4 aromatic rings. The van der Waals surface area contributed by atoms with E-state index in [1.165, 1.54) is 5.69 Å². The maximum atomic E-state index is 13.2. The molecule has 8 heteroatoms. The summed E-state index contributed by atoms with van der Waals surface area (Å²) >= 11 is 2.20. The molecule has 0 radical (unpaired) electrons. The molecular formula is C28H29IN4O3. The Balaban J connectivity index is 1.21. The molecular weight excluding hydrogens is 567 g/mol. The van der Waals surface area contributed by atoms with Gasteiger partial charge >= 0.3 is 0 Å². The number of benzene rings is 3. The van der Waals surface area contributed by atoms with Crippen molar-refractivity contribution in [3.63, 3.8) is 0 Å². The van der Waals surface area contributed by atoms with Crippen LogP contribution in [0.2, 0.25) is 0 Å². The highest BCUT2D eigenvalue weighted by molar-refractivity contribution is 14.1. The predicted molar refractivity (Wildman–Crippen MR) is 151 cm³/mol. The second-order valence-corrected chi connectivity index (χ2v) is 10.3. The molecule has 1 unspecified atom stereocenters. The zero-order valence-corrected chi connectivity index (χ0v) is 22.3. The monoisotopic (exact) mass is 596 g/mol. The van der Waals surface area contributed by atoms with Gasteiger partial charge < -0.3 is 14.7 Å². The summed E-state index contributed by atoms with van der Waals surface area (Å²) in [7, 11) is 0. The van der Waals surface area contributed by atoms with E-state index in [9.17, 15) is 9.90 Å². The smallest absolute Gasteiger partial charge is 0.265 e. The molecule has 1 atom stereocenters. The Bertz CT molecular complexity index is 1400. The van der Waals surface area contributed by atoms with Gasteiger partial charge in [-0.2, -0.15) is 0 Å². The molecule has 1 saturated heterocycles. The summed E-state index contributed by atoms with van der Waals surface area (Å²) in [6.07, 6.45) is -0.606. The summed E-state index contributed by atoms with van der Waals surface area (Å²) in [4.78, 5) is 22.5. The van der Waals surface area contributed by atoms with Gasteiger partial charge in [-0.1, -0.05) is 24.3 Å². The SMILES string of the molecule is Cc1nc2ccc(I)cc2c(=O)n1-c1cccc(OCC(O)CN2CCN(c3ccccc3)CC2)c1. The number of ether oxygens (including phenoxy) is 1. The summed E-state index contributed by atoms with van der Waals surface area (Å²) in [5, 5.41) is 11.2. The maximum Gasteiger partial charge on any atom is 0.265 e. The number of aliphatic hydroxyl groups excluding tert-OH is 1. The van der Waals surface area contributed by atoms with Crippen LogP contribution in [0.5, 0.6) is 5.75 Å². The summed E-state index contributed by atoms with van der Waals surface area (Å²) in [5.74, 6) is 1.22. The van der Waals surface area contributed by atoms with Crippen LogP contribution >= 0.6 is 22.6 Å². The average molecular weight is 596 g/mol. The fourth-order valence-corrected chi connectivity index (χ4v) is 5.15. The van der Waals surface area contributed by atoms with E-state index >= 15 is 0 Å². The minimum absolute atomic E-state index is 0.108. The molecule has 0 aliphatic carbocycles. The van der Waals surface area contributed by atoms with Gasteiger partial charge in [0.05, 0.1) is 16.6 Å². The highest BCUT2D eigenvalue weighted by atomic mass is 127. The fraction of sp³-hybridized carbons (Fsp3) is 0.286. The first-order valence-corrected chi connectivity index (χ1v) is 13.2. The molecule has 0 bridgehead atoms. The zero-order chi connectivity index (χ0) is 25.1. The van der Waals surface area contributed by atoms with Crippen LogP contribution in [-0.4, -0.2) is 65.0 Å². The third-order valence-electron chi connectivity index (χ3n) is 6.48. The first-order chi connectivity index (χ1) is 17.5. The summed E-state index contributed by atoms with van der Waals surface area (Å²) in [5.41, 5.74) is 2.51. The molecule has 1 N–H and O–H groups in total.